The molecule has 0 bridgehead atoms. The molecule has 0 amide bonds. The van der Waals surface area contributed by atoms with Crippen LogP contribution in [0.25, 0.3) is 0 Å². The molecule has 1 aromatic rings. The van der Waals surface area contributed by atoms with Crippen LogP contribution in [-0.2, 0) is 6.42 Å². The zero-order valence-electron chi connectivity index (χ0n) is 9.72. The van der Waals surface area contributed by atoms with Gasteiger partial charge < -0.3 is 2.85 Å². The molecule has 0 aromatic heterocycles. The number of rotatable bonds is 4. The fourth-order valence-electron chi connectivity index (χ4n) is 1.23. The first-order chi connectivity index (χ1) is 5.83. The minimum absolute atomic E-state index is 0. The molecule has 64 valence electrons. The maximum atomic E-state index is 2.77. The van der Waals surface area contributed by atoms with E-state index in [-0.39, 0.29) is 2.85 Å². The molecule has 0 aliphatic heterocycles. The van der Waals surface area contributed by atoms with Crippen LogP contribution in [0.2, 0.25) is 5.28 Å². The quantitative estimate of drug-likeness (QED) is 0.488. The van der Waals surface area contributed by atoms with Crippen LogP contribution >= 0.6 is 0 Å². The van der Waals surface area contributed by atoms with Gasteiger partial charge in [0.05, 0.1) is 0 Å². The fourth-order valence-corrected chi connectivity index (χ4v) is 1.52. The molecule has 1 rings (SSSR count). The Balaban J connectivity index is 0. The van der Waals surface area contributed by atoms with Gasteiger partial charge in [0.25, 0.3) is 0 Å². The molecular formula is C11H17Al. The zero-order chi connectivity index (χ0) is 8.81. The molecule has 12 heavy (non-hydrogen) atoms. The van der Waals surface area contributed by atoms with Gasteiger partial charge in [0.1, 0.15) is 0 Å². The van der Waals surface area contributed by atoms with Crippen LogP contribution in [0, 0.1) is 6.92 Å². The summed E-state index contributed by atoms with van der Waals surface area (Å²) in [5.74, 6) is 0. The number of hydrogen-bond donors (Lipinski definition) is 0. The van der Waals surface area contributed by atoms with E-state index < -0.39 is 0 Å². The number of unbranched alkanes of at least 4 members (excludes halogenated alkanes) is 1. The Kier molecular flexibility index (Phi) is 4.43. The summed E-state index contributed by atoms with van der Waals surface area (Å²) in [4.78, 5) is 0. The van der Waals surface area contributed by atoms with E-state index in [1.54, 1.807) is 0 Å². The summed E-state index contributed by atoms with van der Waals surface area (Å²) < 4.78 is 0. The smallest absolute Gasteiger partial charge is 1.00 e. The molecule has 0 aliphatic carbocycles. The summed E-state index contributed by atoms with van der Waals surface area (Å²) in [6.45, 7) is 2.13. The predicted molar refractivity (Wildman–Crippen MR) is 56.9 cm³/mol. The van der Waals surface area contributed by atoms with Gasteiger partial charge in [0, 0.05) is 0 Å². The van der Waals surface area contributed by atoms with Gasteiger partial charge >= 0.3 is 83.2 Å². The predicted octanol–water partition coefficient (Wildman–Crippen LogP) is 3.13. The molecule has 0 saturated carbocycles. The molecule has 0 unspecified atom stereocenters. The second-order valence-electron chi connectivity index (χ2n) is 3.23. The van der Waals surface area contributed by atoms with Crippen LogP contribution in [0.5, 0.6) is 0 Å². The summed E-state index contributed by atoms with van der Waals surface area (Å²) in [5.41, 5.74) is 2.82. The van der Waals surface area contributed by atoms with Crippen molar-refractivity contribution in [1.29, 1.82) is 0 Å². The van der Waals surface area contributed by atoms with Gasteiger partial charge in [-0.05, 0) is 0 Å². The van der Waals surface area contributed by atoms with Crippen LogP contribution in [0.1, 0.15) is 26.8 Å². The van der Waals surface area contributed by atoms with Gasteiger partial charge in [-0.25, -0.2) is 0 Å². The van der Waals surface area contributed by atoms with Crippen LogP contribution in [0.4, 0.5) is 0 Å². The summed E-state index contributed by atoms with van der Waals surface area (Å²) in [6.07, 6.45) is 3.86. The Morgan fingerprint density at radius 2 is 1.83 bits per heavy atom. The monoisotopic (exact) mass is 176 g/mol. The Morgan fingerprint density at radius 1 is 1.17 bits per heavy atom. The molecule has 0 aliphatic rings. The van der Waals surface area contributed by atoms with Crippen molar-refractivity contribution >= 4 is 16.3 Å². The van der Waals surface area contributed by atoms with E-state index in [2.05, 4.69) is 47.5 Å². The van der Waals surface area contributed by atoms with E-state index in [0.29, 0.717) is 0 Å². The van der Waals surface area contributed by atoms with Crippen molar-refractivity contribution in [2.45, 2.75) is 31.5 Å². The summed E-state index contributed by atoms with van der Waals surface area (Å²) in [5, 5.41) is 1.23. The van der Waals surface area contributed by atoms with Crippen LogP contribution in [0.3, 0.4) is 0 Å². The normalized spacial score (nSPS) is 10.2. The SMILES string of the molecule is Cc1ccc(CCC[CH2][Al+2])cc1.[H-].[H-]. The van der Waals surface area contributed by atoms with E-state index in [9.17, 15) is 0 Å². The Bertz CT molecular complexity index is 221. The fraction of sp³-hybridized carbons (Fsp3) is 0.455. The van der Waals surface area contributed by atoms with E-state index in [1.165, 1.54) is 35.7 Å². The van der Waals surface area contributed by atoms with Crippen LogP contribution < -0.4 is 0 Å². The first-order valence-electron chi connectivity index (χ1n) is 4.58. The molecule has 0 nitrogen and oxygen atoms in total. The van der Waals surface area contributed by atoms with Crippen molar-refractivity contribution < 1.29 is 2.85 Å². The van der Waals surface area contributed by atoms with Crippen LogP contribution in [-0.4, -0.2) is 16.3 Å². The topological polar surface area (TPSA) is 0 Å². The average molecular weight is 176 g/mol. The largest absolute Gasteiger partial charge is 1.00 e. The van der Waals surface area contributed by atoms with Crippen molar-refractivity contribution in [3.8, 4) is 0 Å². The third-order valence-electron chi connectivity index (χ3n) is 2.04. The molecule has 0 saturated heterocycles. The minimum Gasteiger partial charge on any atom is -1.00 e. The van der Waals surface area contributed by atoms with Crippen molar-refractivity contribution in [3.63, 3.8) is 0 Å². The Morgan fingerprint density at radius 3 is 2.42 bits per heavy atom. The zero-order valence-corrected chi connectivity index (χ0v) is 8.87. The number of benzene rings is 1. The second-order valence-corrected chi connectivity index (χ2v) is 3.81. The first-order valence-corrected chi connectivity index (χ1v) is 5.40. The maximum absolute atomic E-state index is 2.77. The number of aryl methyl sites for hydroxylation is 2. The maximum Gasteiger partial charge on any atom is -1.00 e. The van der Waals surface area contributed by atoms with Gasteiger partial charge in [-0.2, -0.15) is 0 Å². The second kappa shape index (κ2) is 5.41. The molecule has 1 aromatic carbocycles. The van der Waals surface area contributed by atoms with Gasteiger partial charge in [0.15, 0.2) is 0 Å². The molecule has 0 atom stereocenters. The molecular weight excluding hydrogens is 159 g/mol. The van der Waals surface area contributed by atoms with E-state index in [0.717, 1.165) is 0 Å². The van der Waals surface area contributed by atoms with E-state index in [4.69, 9.17) is 0 Å². The van der Waals surface area contributed by atoms with Crippen molar-refractivity contribution in [2.75, 3.05) is 0 Å². The summed E-state index contributed by atoms with van der Waals surface area (Å²) in [7, 11) is 0. The van der Waals surface area contributed by atoms with E-state index >= 15 is 0 Å². The molecule has 0 spiro atoms. The molecule has 0 heterocycles. The Hall–Kier alpha value is -0.248. The van der Waals surface area contributed by atoms with Gasteiger partial charge in [-0.1, -0.05) is 0 Å². The minimum atomic E-state index is 0. The molecule has 0 radical (unpaired) electrons. The average Bonchev–Trinajstić information content (AvgIpc) is 2.09. The number of hydrogen-bond acceptors (Lipinski definition) is 0. The first kappa shape index (κ1) is 9.84. The van der Waals surface area contributed by atoms with Gasteiger partial charge in [0.2, 0.25) is 0 Å². The van der Waals surface area contributed by atoms with Crippen molar-refractivity contribution in [1.82, 2.24) is 0 Å². The molecule has 0 fully saturated rings. The van der Waals surface area contributed by atoms with Crippen molar-refractivity contribution in [3.05, 3.63) is 35.4 Å². The third kappa shape index (κ3) is 3.43. The Labute approximate surface area is 86.4 Å². The third-order valence-corrected chi connectivity index (χ3v) is 2.45. The van der Waals surface area contributed by atoms with E-state index in [1.807, 2.05) is 0 Å². The van der Waals surface area contributed by atoms with Crippen molar-refractivity contribution in [2.24, 2.45) is 0 Å². The summed E-state index contributed by atoms with van der Waals surface area (Å²) >= 11 is 2.77. The van der Waals surface area contributed by atoms with Gasteiger partial charge in [-0.15, -0.1) is 0 Å². The summed E-state index contributed by atoms with van der Waals surface area (Å²) in [6, 6.07) is 8.85. The molecule has 1 heteroatoms. The standard InChI is InChI=1S/C11H15.Al.2H/c1-3-4-5-11-8-6-10(2)7-9-11;;;/h6-9H,1,3-5H2,2H3;;;/q;+2;2*-1. The van der Waals surface area contributed by atoms with Gasteiger partial charge in [-0.3, -0.25) is 0 Å². The molecule has 0 N–H and O–H groups in total. The van der Waals surface area contributed by atoms with Crippen LogP contribution in [0.15, 0.2) is 24.3 Å².